The summed E-state index contributed by atoms with van der Waals surface area (Å²) in [5, 5.41) is -1.72. The van der Waals surface area contributed by atoms with Crippen molar-refractivity contribution in [3.8, 4) is 11.5 Å². The predicted molar refractivity (Wildman–Crippen MR) is 56.1 cm³/mol. The van der Waals surface area contributed by atoms with Crippen LogP contribution in [0.4, 0.5) is 0 Å². The summed E-state index contributed by atoms with van der Waals surface area (Å²) in [6, 6.07) is 4.98. The van der Waals surface area contributed by atoms with E-state index in [-0.39, 0.29) is 0 Å². The summed E-state index contributed by atoms with van der Waals surface area (Å²) >= 11 is -2.82. The standard InChI is InChI=1S/C10H14O3Se/c1-4-14(11)9-7-5-6-8(12-2)10(9)13-3/h5-7H,4H2,1-3H3/i4DH/t4-,14?/m1/s1. The van der Waals surface area contributed by atoms with Crippen LogP contribution in [0.1, 0.15) is 9.67 Å². The topological polar surface area (TPSA) is 35.5 Å². The molecule has 2 atom stereocenters. The van der Waals surface area contributed by atoms with E-state index in [9.17, 15) is 3.83 Å². The molecular weight excluding hydrogens is 247 g/mol. The van der Waals surface area contributed by atoms with E-state index in [1.807, 2.05) is 0 Å². The van der Waals surface area contributed by atoms with E-state index in [4.69, 9.17) is 12.2 Å². The van der Waals surface area contributed by atoms with Gasteiger partial charge in [-0.3, -0.25) is 0 Å². The summed E-state index contributed by atoms with van der Waals surface area (Å²) in [5.74, 6) is 0.824. The van der Waals surface area contributed by atoms with E-state index in [1.54, 1.807) is 18.2 Å². The fraction of sp³-hybridized carbons (Fsp3) is 0.400. The molecular formula is C10H14O3Se. The average molecular weight is 262 g/mol. The van der Waals surface area contributed by atoms with E-state index >= 15 is 0 Å². The molecule has 0 aliphatic rings. The third-order valence-corrected chi connectivity index (χ3v) is 4.04. The summed E-state index contributed by atoms with van der Waals surface area (Å²) in [7, 11) is 2.94. The second kappa shape index (κ2) is 5.13. The molecule has 0 amide bonds. The summed E-state index contributed by atoms with van der Waals surface area (Å²) in [6.07, 6.45) is 0. The summed E-state index contributed by atoms with van der Waals surface area (Å²) in [6.45, 7) is 1.31. The Labute approximate surface area is 90.9 Å². The molecule has 3 nitrogen and oxygen atoms in total. The first-order chi connectivity index (χ1) is 7.41. The van der Waals surface area contributed by atoms with Crippen LogP contribution in [0.5, 0.6) is 11.5 Å². The van der Waals surface area contributed by atoms with Crippen molar-refractivity contribution in [2.75, 3.05) is 14.2 Å². The van der Waals surface area contributed by atoms with Gasteiger partial charge in [0, 0.05) is 0 Å². The Kier molecular flexibility index (Phi) is 3.09. The molecule has 1 unspecified atom stereocenters. The number of methoxy groups -OCH3 is 2. The van der Waals surface area contributed by atoms with Crippen LogP contribution in [0, 0.1) is 0 Å². The number of hydrogen-bond acceptors (Lipinski definition) is 3. The molecule has 0 heterocycles. The molecule has 0 saturated carbocycles. The molecule has 0 aromatic heterocycles. The van der Waals surface area contributed by atoms with Crippen molar-refractivity contribution in [2.24, 2.45) is 0 Å². The molecule has 0 aliphatic carbocycles. The van der Waals surface area contributed by atoms with Crippen LogP contribution in [0.25, 0.3) is 0 Å². The molecule has 0 fully saturated rings. The third kappa shape index (κ3) is 2.14. The number of para-hydroxylation sites is 1. The molecule has 1 rings (SSSR count). The molecule has 78 valence electrons. The van der Waals surface area contributed by atoms with E-state index in [2.05, 4.69) is 0 Å². The molecule has 4 heteroatoms. The normalized spacial score (nSPS) is 18.8. The van der Waals surface area contributed by atoms with Crippen LogP contribution in [-0.4, -0.2) is 28.1 Å². The van der Waals surface area contributed by atoms with E-state index in [1.165, 1.54) is 21.1 Å². The molecule has 0 aliphatic heterocycles. The van der Waals surface area contributed by atoms with Crippen molar-refractivity contribution in [2.45, 2.75) is 12.2 Å². The van der Waals surface area contributed by atoms with Crippen molar-refractivity contribution in [1.82, 2.24) is 0 Å². The maximum atomic E-state index is 12.0. The van der Waals surface area contributed by atoms with E-state index in [0.717, 1.165) is 0 Å². The van der Waals surface area contributed by atoms with Crippen molar-refractivity contribution in [3.63, 3.8) is 0 Å². The third-order valence-electron chi connectivity index (χ3n) is 1.75. The van der Waals surface area contributed by atoms with Gasteiger partial charge in [-0.15, -0.1) is 0 Å². The Morgan fingerprint density at radius 1 is 1.57 bits per heavy atom. The van der Waals surface area contributed by atoms with E-state index < -0.39 is 19.1 Å². The fourth-order valence-corrected chi connectivity index (χ4v) is 2.74. The van der Waals surface area contributed by atoms with Crippen LogP contribution in [0.3, 0.4) is 0 Å². The molecule has 14 heavy (non-hydrogen) atoms. The van der Waals surface area contributed by atoms with Gasteiger partial charge in [0.1, 0.15) is 0 Å². The molecule has 0 N–H and O–H groups in total. The zero-order valence-electron chi connectivity index (χ0n) is 10.4. The monoisotopic (exact) mass is 263 g/mol. The maximum absolute atomic E-state index is 12.0. The van der Waals surface area contributed by atoms with Gasteiger partial charge in [-0.1, -0.05) is 0 Å². The van der Waals surface area contributed by atoms with Gasteiger partial charge in [-0.05, 0) is 0 Å². The van der Waals surface area contributed by atoms with Crippen molar-refractivity contribution >= 4 is 18.3 Å². The van der Waals surface area contributed by atoms with Gasteiger partial charge in [0.2, 0.25) is 0 Å². The van der Waals surface area contributed by atoms with Crippen LogP contribution < -0.4 is 13.9 Å². The summed E-state index contributed by atoms with van der Waals surface area (Å²) in [5.41, 5.74) is 0. The molecule has 0 radical (unpaired) electrons. The Morgan fingerprint density at radius 3 is 2.79 bits per heavy atom. The fourth-order valence-electron chi connectivity index (χ4n) is 1.11. The minimum absolute atomic E-state index is 0.357. The van der Waals surface area contributed by atoms with Crippen LogP contribution in [0.15, 0.2) is 18.2 Å². The first kappa shape index (κ1) is 8.45. The van der Waals surface area contributed by atoms with Gasteiger partial charge in [-0.25, -0.2) is 0 Å². The number of rotatable bonds is 4. The van der Waals surface area contributed by atoms with E-state index in [0.29, 0.717) is 16.0 Å². The Bertz CT molecular complexity index is 402. The van der Waals surface area contributed by atoms with Gasteiger partial charge < -0.3 is 0 Å². The summed E-state index contributed by atoms with van der Waals surface area (Å²) < 4.78 is 37.6. The van der Waals surface area contributed by atoms with Crippen molar-refractivity contribution in [3.05, 3.63) is 18.2 Å². The van der Waals surface area contributed by atoms with Crippen molar-refractivity contribution in [1.29, 1.82) is 0 Å². The average Bonchev–Trinajstić information content (AvgIpc) is 2.25. The van der Waals surface area contributed by atoms with Crippen molar-refractivity contribution < 1.29 is 16.0 Å². The van der Waals surface area contributed by atoms with Gasteiger partial charge in [0.25, 0.3) is 0 Å². The number of benzene rings is 1. The zero-order chi connectivity index (χ0) is 12.3. The van der Waals surface area contributed by atoms with Gasteiger partial charge in [0.05, 0.1) is 0 Å². The first-order valence-corrected chi connectivity index (χ1v) is 6.46. The van der Waals surface area contributed by atoms with Gasteiger partial charge >= 0.3 is 90.5 Å². The zero-order valence-corrected chi connectivity index (χ0v) is 10.1. The first-order valence-electron chi connectivity index (χ1n) is 5.04. The Morgan fingerprint density at radius 2 is 2.29 bits per heavy atom. The minimum atomic E-state index is -2.82. The quantitative estimate of drug-likeness (QED) is 0.768. The SMILES string of the molecule is [1H][C@@]([2H])(C)[Se](=O)c1cccc(OC)c1OC. The van der Waals surface area contributed by atoms with Crippen LogP contribution in [0.2, 0.25) is 5.27 Å². The Balaban J connectivity index is 3.29. The summed E-state index contributed by atoms with van der Waals surface area (Å²) in [4.78, 5) is 0. The van der Waals surface area contributed by atoms with Crippen LogP contribution >= 0.6 is 0 Å². The second-order valence-corrected chi connectivity index (χ2v) is 5.37. The molecule has 0 saturated heterocycles. The second-order valence-electron chi connectivity index (χ2n) is 2.46. The van der Waals surface area contributed by atoms with Crippen LogP contribution in [-0.2, 0) is 3.83 Å². The number of ether oxygens (including phenoxy) is 2. The molecule has 1 aromatic rings. The van der Waals surface area contributed by atoms with Gasteiger partial charge in [-0.2, -0.15) is 0 Å². The predicted octanol–water partition coefficient (Wildman–Crippen LogP) is 1.35. The van der Waals surface area contributed by atoms with Gasteiger partial charge in [0.15, 0.2) is 0 Å². The molecule has 0 bridgehead atoms. The molecule has 1 aromatic carbocycles. The molecule has 0 spiro atoms. The number of hydrogen-bond donors (Lipinski definition) is 0. The Hall–Kier alpha value is -0.861.